The highest BCUT2D eigenvalue weighted by atomic mass is 15.1. The summed E-state index contributed by atoms with van der Waals surface area (Å²) in [5, 5.41) is 0. The molecule has 0 radical (unpaired) electrons. The van der Waals surface area contributed by atoms with Gasteiger partial charge in [-0.25, -0.2) is 4.98 Å². The van der Waals surface area contributed by atoms with Crippen LogP contribution in [0.4, 0.5) is 0 Å². The second-order valence-electron chi connectivity index (χ2n) is 5.03. The van der Waals surface area contributed by atoms with Gasteiger partial charge in [0.2, 0.25) is 0 Å². The molecule has 0 aliphatic carbocycles. The van der Waals surface area contributed by atoms with Gasteiger partial charge in [0.05, 0.1) is 6.33 Å². The molecule has 0 bridgehead atoms. The van der Waals surface area contributed by atoms with Crippen LogP contribution < -0.4 is 0 Å². The first-order valence-electron chi connectivity index (χ1n) is 6.82. The summed E-state index contributed by atoms with van der Waals surface area (Å²) >= 11 is 0. The summed E-state index contributed by atoms with van der Waals surface area (Å²) in [5.74, 6) is 0.626. The van der Waals surface area contributed by atoms with Gasteiger partial charge in [0.15, 0.2) is 0 Å². The van der Waals surface area contributed by atoms with E-state index in [0.717, 1.165) is 6.42 Å². The van der Waals surface area contributed by atoms with E-state index in [4.69, 9.17) is 0 Å². The topological polar surface area (TPSA) is 17.8 Å². The van der Waals surface area contributed by atoms with Crippen molar-refractivity contribution in [3.8, 4) is 0 Å². The first-order chi connectivity index (χ1) is 8.81. The molecule has 2 nitrogen and oxygen atoms in total. The van der Waals surface area contributed by atoms with E-state index in [9.17, 15) is 0 Å². The number of benzene rings is 1. The standard InChI is InChI=1S/C16H22N2/c1-3-7-16(18-11-10-17-13-18)14(2)12-15-8-5-4-6-9-15/h4-6,8-11,13-14,16H,3,7,12H2,1-2H3. The van der Waals surface area contributed by atoms with Crippen LogP contribution in [0.2, 0.25) is 0 Å². The van der Waals surface area contributed by atoms with Crippen LogP contribution >= 0.6 is 0 Å². The van der Waals surface area contributed by atoms with Gasteiger partial charge >= 0.3 is 0 Å². The van der Waals surface area contributed by atoms with Crippen LogP contribution in [0.3, 0.4) is 0 Å². The molecule has 2 aromatic rings. The van der Waals surface area contributed by atoms with Crippen molar-refractivity contribution in [2.75, 3.05) is 0 Å². The molecule has 18 heavy (non-hydrogen) atoms. The highest BCUT2D eigenvalue weighted by molar-refractivity contribution is 5.15. The summed E-state index contributed by atoms with van der Waals surface area (Å²) in [7, 11) is 0. The van der Waals surface area contributed by atoms with Crippen LogP contribution in [0.15, 0.2) is 49.1 Å². The number of rotatable bonds is 6. The molecule has 0 saturated heterocycles. The lowest BCUT2D eigenvalue weighted by Gasteiger charge is -2.25. The molecule has 1 heterocycles. The van der Waals surface area contributed by atoms with Crippen molar-refractivity contribution in [3.05, 3.63) is 54.6 Å². The van der Waals surface area contributed by atoms with E-state index < -0.39 is 0 Å². The Morgan fingerprint density at radius 2 is 2.00 bits per heavy atom. The van der Waals surface area contributed by atoms with E-state index in [-0.39, 0.29) is 0 Å². The van der Waals surface area contributed by atoms with Crippen molar-refractivity contribution in [3.63, 3.8) is 0 Å². The molecular formula is C16H22N2. The van der Waals surface area contributed by atoms with Crippen LogP contribution in [-0.4, -0.2) is 9.55 Å². The third-order valence-corrected chi connectivity index (χ3v) is 3.55. The SMILES string of the molecule is CCCC(C(C)Cc1ccccc1)n1ccnc1. The van der Waals surface area contributed by atoms with Crippen molar-refractivity contribution in [2.24, 2.45) is 5.92 Å². The van der Waals surface area contributed by atoms with Gasteiger partial charge in [0.25, 0.3) is 0 Å². The molecule has 0 aliphatic heterocycles. The Morgan fingerprint density at radius 1 is 1.22 bits per heavy atom. The van der Waals surface area contributed by atoms with Crippen LogP contribution in [0.25, 0.3) is 0 Å². The Morgan fingerprint density at radius 3 is 2.61 bits per heavy atom. The Bertz CT molecular complexity index is 433. The summed E-state index contributed by atoms with van der Waals surface area (Å²) in [4.78, 5) is 4.18. The molecule has 1 aromatic carbocycles. The summed E-state index contributed by atoms with van der Waals surface area (Å²) in [6.07, 6.45) is 9.46. The van der Waals surface area contributed by atoms with Crippen molar-refractivity contribution < 1.29 is 0 Å². The van der Waals surface area contributed by atoms with Gasteiger partial charge in [-0.05, 0) is 24.3 Å². The predicted molar refractivity (Wildman–Crippen MR) is 75.5 cm³/mol. The maximum atomic E-state index is 4.18. The van der Waals surface area contributed by atoms with Crippen LogP contribution in [-0.2, 0) is 6.42 Å². The van der Waals surface area contributed by atoms with Crippen LogP contribution in [0, 0.1) is 5.92 Å². The van der Waals surface area contributed by atoms with E-state index in [1.165, 1.54) is 18.4 Å². The molecule has 0 saturated carbocycles. The van der Waals surface area contributed by atoms with Crippen LogP contribution in [0.5, 0.6) is 0 Å². The zero-order valence-electron chi connectivity index (χ0n) is 11.3. The molecule has 0 fully saturated rings. The molecule has 0 amide bonds. The number of hydrogen-bond donors (Lipinski definition) is 0. The van der Waals surface area contributed by atoms with E-state index in [1.807, 2.05) is 12.5 Å². The Balaban J connectivity index is 2.07. The smallest absolute Gasteiger partial charge is 0.0948 e. The van der Waals surface area contributed by atoms with E-state index in [2.05, 4.69) is 59.9 Å². The lowest BCUT2D eigenvalue weighted by Crippen LogP contribution is -2.18. The lowest BCUT2D eigenvalue weighted by atomic mass is 9.91. The largest absolute Gasteiger partial charge is 0.334 e. The zero-order valence-corrected chi connectivity index (χ0v) is 11.3. The molecule has 1 aromatic heterocycles. The average Bonchev–Trinajstić information content (AvgIpc) is 2.90. The molecule has 0 aliphatic rings. The highest BCUT2D eigenvalue weighted by Crippen LogP contribution is 2.26. The maximum absolute atomic E-state index is 4.18. The monoisotopic (exact) mass is 242 g/mol. The molecule has 2 atom stereocenters. The number of hydrogen-bond acceptors (Lipinski definition) is 1. The van der Waals surface area contributed by atoms with Crippen LogP contribution in [0.1, 0.15) is 38.3 Å². The molecule has 0 spiro atoms. The summed E-state index contributed by atoms with van der Waals surface area (Å²) in [6.45, 7) is 4.59. The van der Waals surface area contributed by atoms with E-state index in [0.29, 0.717) is 12.0 Å². The highest BCUT2D eigenvalue weighted by Gasteiger charge is 2.18. The first-order valence-corrected chi connectivity index (χ1v) is 6.82. The van der Waals surface area contributed by atoms with E-state index in [1.54, 1.807) is 0 Å². The van der Waals surface area contributed by atoms with Gasteiger partial charge < -0.3 is 4.57 Å². The molecule has 2 unspecified atom stereocenters. The average molecular weight is 242 g/mol. The molecule has 2 rings (SSSR count). The van der Waals surface area contributed by atoms with Gasteiger partial charge in [-0.2, -0.15) is 0 Å². The fourth-order valence-corrected chi connectivity index (χ4v) is 2.61. The second kappa shape index (κ2) is 6.39. The fourth-order valence-electron chi connectivity index (χ4n) is 2.61. The minimum Gasteiger partial charge on any atom is -0.334 e. The third-order valence-electron chi connectivity index (χ3n) is 3.55. The lowest BCUT2D eigenvalue weighted by molar-refractivity contribution is 0.326. The van der Waals surface area contributed by atoms with E-state index >= 15 is 0 Å². The zero-order chi connectivity index (χ0) is 12.8. The molecule has 2 heteroatoms. The summed E-state index contributed by atoms with van der Waals surface area (Å²) < 4.78 is 2.26. The van der Waals surface area contributed by atoms with Gasteiger partial charge in [0, 0.05) is 18.4 Å². The Hall–Kier alpha value is -1.57. The number of nitrogens with zero attached hydrogens (tertiary/aromatic N) is 2. The van der Waals surface area contributed by atoms with Crippen molar-refractivity contribution >= 4 is 0 Å². The maximum Gasteiger partial charge on any atom is 0.0948 e. The normalized spacial score (nSPS) is 14.3. The number of aromatic nitrogens is 2. The Labute approximate surface area is 110 Å². The van der Waals surface area contributed by atoms with Gasteiger partial charge in [0.1, 0.15) is 0 Å². The minimum absolute atomic E-state index is 0.553. The summed E-state index contributed by atoms with van der Waals surface area (Å²) in [5.41, 5.74) is 1.42. The van der Waals surface area contributed by atoms with Gasteiger partial charge in [-0.3, -0.25) is 0 Å². The van der Waals surface area contributed by atoms with Crippen molar-refractivity contribution in [2.45, 2.75) is 39.2 Å². The molecular weight excluding hydrogens is 220 g/mol. The molecule has 96 valence electrons. The Kier molecular flexibility index (Phi) is 4.57. The molecule has 0 N–H and O–H groups in total. The van der Waals surface area contributed by atoms with Crippen molar-refractivity contribution in [1.29, 1.82) is 0 Å². The third kappa shape index (κ3) is 3.22. The van der Waals surface area contributed by atoms with Crippen molar-refractivity contribution in [1.82, 2.24) is 9.55 Å². The minimum atomic E-state index is 0.553. The van der Waals surface area contributed by atoms with Gasteiger partial charge in [-0.1, -0.05) is 50.6 Å². The first kappa shape index (κ1) is 12.9. The number of imidazole rings is 1. The fraction of sp³-hybridized carbons (Fsp3) is 0.438. The summed E-state index contributed by atoms with van der Waals surface area (Å²) in [6, 6.07) is 11.3. The predicted octanol–water partition coefficient (Wildman–Crippen LogP) is 4.10. The van der Waals surface area contributed by atoms with Gasteiger partial charge in [-0.15, -0.1) is 0 Å². The quantitative estimate of drug-likeness (QED) is 0.745. The second-order valence-corrected chi connectivity index (χ2v) is 5.03.